The normalized spacial score (nSPS) is 13.0. The minimum atomic E-state index is -4.77. The Hall–Kier alpha value is -2.35. The maximum absolute atomic E-state index is 12.2. The smallest absolute Gasteiger partial charge is 0.382 e. The second kappa shape index (κ2) is 7.77. The van der Waals surface area contributed by atoms with Crippen LogP contribution in [-0.2, 0) is 4.79 Å². The van der Waals surface area contributed by atoms with Gasteiger partial charge in [0.25, 0.3) is 5.91 Å². The molecule has 1 atom stereocenters. The van der Waals surface area contributed by atoms with Crippen LogP contribution in [0.15, 0.2) is 30.3 Å². The van der Waals surface area contributed by atoms with Gasteiger partial charge in [0.05, 0.1) is 6.54 Å². The molecule has 2 N–H and O–H groups in total. The maximum atomic E-state index is 12.2. The molecule has 1 aromatic carbocycles. The Morgan fingerprint density at radius 1 is 1.30 bits per heavy atom. The molecule has 0 saturated carbocycles. The molecule has 0 aliphatic carbocycles. The lowest BCUT2D eigenvalue weighted by molar-refractivity contribution is -0.207. The van der Waals surface area contributed by atoms with Crippen LogP contribution >= 0.6 is 0 Å². The van der Waals surface area contributed by atoms with Crippen molar-refractivity contribution in [1.82, 2.24) is 10.2 Å². The Morgan fingerprint density at radius 2 is 1.87 bits per heavy atom. The topological polar surface area (TPSA) is 69.6 Å². The predicted molar refractivity (Wildman–Crippen MR) is 78.6 cm³/mol. The lowest BCUT2D eigenvalue weighted by Crippen LogP contribution is -2.41. The molecule has 1 rings (SSSR count). The monoisotopic (exact) mass is 330 g/mol. The average molecular weight is 330 g/mol. The molecule has 0 fully saturated rings. The molecule has 126 valence electrons. The number of nitrogens with zero attached hydrogens (tertiary/aromatic N) is 1. The van der Waals surface area contributed by atoms with Gasteiger partial charge in [0, 0.05) is 25.7 Å². The van der Waals surface area contributed by atoms with E-state index in [0.717, 1.165) is 18.0 Å². The van der Waals surface area contributed by atoms with Gasteiger partial charge in [-0.2, -0.15) is 13.2 Å². The summed E-state index contributed by atoms with van der Waals surface area (Å²) in [7, 11) is 2.66. The van der Waals surface area contributed by atoms with Crippen molar-refractivity contribution in [2.45, 2.75) is 12.3 Å². The van der Waals surface area contributed by atoms with Crippen LogP contribution in [0.25, 0.3) is 6.08 Å². The Labute approximate surface area is 131 Å². The molecule has 0 bridgehead atoms. The average Bonchev–Trinajstić information content (AvgIpc) is 2.51. The van der Waals surface area contributed by atoms with Crippen molar-refractivity contribution < 1.29 is 27.9 Å². The van der Waals surface area contributed by atoms with E-state index < -0.39 is 24.7 Å². The van der Waals surface area contributed by atoms with Gasteiger partial charge in [-0.05, 0) is 23.8 Å². The molecule has 0 saturated heterocycles. The Bertz CT molecular complexity index is 583. The van der Waals surface area contributed by atoms with E-state index in [9.17, 15) is 22.8 Å². The molecular formula is C15H17F3N2O3. The standard InChI is InChI=1S/C15H17F3N2O3/c1-19-14(23)11-6-3-10(4-7-11)5-8-13(22)20(2)9-12(21)15(16,17)18/h3-8,12,21H,9H2,1-2H3,(H,19,23)/b8-5+. The van der Waals surface area contributed by atoms with Gasteiger partial charge in [0.15, 0.2) is 6.10 Å². The van der Waals surface area contributed by atoms with E-state index in [-0.39, 0.29) is 5.91 Å². The maximum Gasteiger partial charge on any atom is 0.416 e. The highest BCUT2D eigenvalue weighted by atomic mass is 19.4. The number of benzene rings is 1. The van der Waals surface area contributed by atoms with Gasteiger partial charge in [-0.3, -0.25) is 9.59 Å². The number of aliphatic hydroxyl groups is 1. The molecule has 8 heteroatoms. The van der Waals surface area contributed by atoms with Crippen LogP contribution in [0.4, 0.5) is 13.2 Å². The summed E-state index contributed by atoms with van der Waals surface area (Å²) in [5, 5.41) is 11.4. The zero-order chi connectivity index (χ0) is 17.6. The SMILES string of the molecule is CNC(=O)c1ccc(/C=C/C(=O)N(C)CC(O)C(F)(F)F)cc1. The minimum Gasteiger partial charge on any atom is -0.382 e. The van der Waals surface area contributed by atoms with Crippen LogP contribution in [0.3, 0.4) is 0 Å². The van der Waals surface area contributed by atoms with E-state index in [1.54, 1.807) is 24.3 Å². The van der Waals surface area contributed by atoms with E-state index in [4.69, 9.17) is 5.11 Å². The molecular weight excluding hydrogens is 313 g/mol. The van der Waals surface area contributed by atoms with E-state index in [1.807, 2.05) is 0 Å². The van der Waals surface area contributed by atoms with E-state index >= 15 is 0 Å². The highest BCUT2D eigenvalue weighted by Crippen LogP contribution is 2.20. The number of carbonyl (C=O) groups excluding carboxylic acids is 2. The number of aliphatic hydroxyl groups excluding tert-OH is 1. The highest BCUT2D eigenvalue weighted by Gasteiger charge is 2.39. The van der Waals surface area contributed by atoms with Gasteiger partial charge < -0.3 is 15.3 Å². The number of likely N-dealkylation sites (N-methyl/N-ethyl adjacent to an activating group) is 1. The summed E-state index contributed by atoms with van der Waals surface area (Å²) in [4.78, 5) is 23.8. The molecule has 5 nitrogen and oxygen atoms in total. The van der Waals surface area contributed by atoms with Crippen molar-refractivity contribution in [3.63, 3.8) is 0 Å². The van der Waals surface area contributed by atoms with Gasteiger partial charge in [-0.1, -0.05) is 12.1 Å². The van der Waals surface area contributed by atoms with Crippen molar-refractivity contribution >= 4 is 17.9 Å². The third kappa shape index (κ3) is 5.74. The molecule has 0 aromatic heterocycles. The van der Waals surface area contributed by atoms with Gasteiger partial charge >= 0.3 is 6.18 Å². The van der Waals surface area contributed by atoms with Crippen molar-refractivity contribution in [1.29, 1.82) is 0 Å². The predicted octanol–water partition coefficient (Wildman–Crippen LogP) is 1.44. The first-order valence-corrected chi connectivity index (χ1v) is 6.65. The lowest BCUT2D eigenvalue weighted by atomic mass is 10.1. The van der Waals surface area contributed by atoms with Crippen molar-refractivity contribution in [2.75, 3.05) is 20.6 Å². The number of nitrogens with one attached hydrogen (secondary N) is 1. The number of rotatable bonds is 5. The fourth-order valence-corrected chi connectivity index (χ4v) is 1.64. The minimum absolute atomic E-state index is 0.252. The summed E-state index contributed by atoms with van der Waals surface area (Å²) >= 11 is 0. The van der Waals surface area contributed by atoms with Crippen LogP contribution in [0.1, 0.15) is 15.9 Å². The van der Waals surface area contributed by atoms with Crippen LogP contribution in [-0.4, -0.2) is 54.7 Å². The van der Waals surface area contributed by atoms with Crippen LogP contribution in [0.5, 0.6) is 0 Å². The number of carbonyl (C=O) groups is 2. The number of amides is 2. The largest absolute Gasteiger partial charge is 0.416 e. The zero-order valence-electron chi connectivity index (χ0n) is 12.6. The lowest BCUT2D eigenvalue weighted by Gasteiger charge is -2.21. The molecule has 0 aliphatic heterocycles. The second-order valence-electron chi connectivity index (χ2n) is 4.81. The molecule has 0 heterocycles. The summed E-state index contributed by atoms with van der Waals surface area (Å²) in [5.74, 6) is -0.929. The zero-order valence-corrected chi connectivity index (χ0v) is 12.6. The van der Waals surface area contributed by atoms with E-state index in [0.29, 0.717) is 11.1 Å². The summed E-state index contributed by atoms with van der Waals surface area (Å²) in [6.07, 6.45) is -4.85. The summed E-state index contributed by atoms with van der Waals surface area (Å²) < 4.78 is 36.7. The molecule has 1 aromatic rings. The molecule has 0 aliphatic rings. The first-order chi connectivity index (χ1) is 10.6. The Kier molecular flexibility index (Phi) is 6.32. The van der Waals surface area contributed by atoms with Gasteiger partial charge in [0.1, 0.15) is 0 Å². The van der Waals surface area contributed by atoms with Gasteiger partial charge in [0.2, 0.25) is 5.91 Å². The molecule has 1 unspecified atom stereocenters. The first kappa shape index (κ1) is 18.7. The van der Waals surface area contributed by atoms with Crippen LogP contribution in [0, 0.1) is 0 Å². The van der Waals surface area contributed by atoms with Crippen molar-refractivity contribution in [3.8, 4) is 0 Å². The summed E-state index contributed by atoms with van der Waals surface area (Å²) in [6.45, 7) is -0.845. The number of hydrogen-bond acceptors (Lipinski definition) is 3. The fraction of sp³-hybridized carbons (Fsp3) is 0.333. The Morgan fingerprint density at radius 3 is 2.35 bits per heavy atom. The van der Waals surface area contributed by atoms with Crippen LogP contribution < -0.4 is 5.32 Å². The fourth-order valence-electron chi connectivity index (χ4n) is 1.64. The second-order valence-corrected chi connectivity index (χ2v) is 4.81. The van der Waals surface area contributed by atoms with Gasteiger partial charge in [-0.25, -0.2) is 0 Å². The highest BCUT2D eigenvalue weighted by molar-refractivity contribution is 5.94. The quantitative estimate of drug-likeness (QED) is 0.803. The third-order valence-corrected chi connectivity index (χ3v) is 3.02. The van der Waals surface area contributed by atoms with Crippen molar-refractivity contribution in [3.05, 3.63) is 41.5 Å². The van der Waals surface area contributed by atoms with Gasteiger partial charge in [-0.15, -0.1) is 0 Å². The number of alkyl halides is 3. The van der Waals surface area contributed by atoms with Crippen molar-refractivity contribution in [2.24, 2.45) is 0 Å². The molecule has 2 amide bonds. The third-order valence-electron chi connectivity index (χ3n) is 3.02. The Balaban J connectivity index is 2.66. The van der Waals surface area contributed by atoms with E-state index in [2.05, 4.69) is 5.32 Å². The van der Waals surface area contributed by atoms with Crippen LogP contribution in [0.2, 0.25) is 0 Å². The number of halogens is 3. The van der Waals surface area contributed by atoms with E-state index in [1.165, 1.54) is 13.1 Å². The summed E-state index contributed by atoms with van der Waals surface area (Å²) in [6, 6.07) is 6.30. The molecule has 0 radical (unpaired) electrons. The summed E-state index contributed by atoms with van der Waals surface area (Å²) in [5.41, 5.74) is 1.05. The molecule has 23 heavy (non-hydrogen) atoms. The number of hydrogen-bond donors (Lipinski definition) is 2. The molecule has 0 spiro atoms. The first-order valence-electron chi connectivity index (χ1n) is 6.65.